The highest BCUT2D eigenvalue weighted by Crippen LogP contribution is 2.37. The predicted molar refractivity (Wildman–Crippen MR) is 84.8 cm³/mol. The molecule has 0 unspecified atom stereocenters. The number of carbonyl (C=O) groups is 2. The normalized spacial score (nSPS) is 12.3. The van der Waals surface area contributed by atoms with Crippen LogP contribution in [0.15, 0.2) is 28.9 Å². The van der Waals surface area contributed by atoms with Gasteiger partial charge in [-0.1, -0.05) is 15.9 Å². The van der Waals surface area contributed by atoms with E-state index >= 15 is 0 Å². The number of aromatic nitrogens is 1. The summed E-state index contributed by atoms with van der Waals surface area (Å²) in [6.07, 6.45) is 1.61. The smallest absolute Gasteiger partial charge is 0.355 e. The molecule has 2 aromatic rings. The second kappa shape index (κ2) is 6.08. The predicted octanol–water partition coefficient (Wildman–Crippen LogP) is 3.08. The first kappa shape index (κ1) is 15.6. The van der Waals surface area contributed by atoms with Gasteiger partial charge in [0.25, 0.3) is 0 Å². The molecule has 2 heterocycles. The van der Waals surface area contributed by atoms with Crippen molar-refractivity contribution in [3.63, 3.8) is 0 Å². The van der Waals surface area contributed by atoms with Crippen LogP contribution in [0, 0.1) is 0 Å². The van der Waals surface area contributed by atoms with E-state index in [2.05, 4.69) is 15.9 Å². The lowest BCUT2D eigenvalue weighted by atomic mass is 10.2. The van der Waals surface area contributed by atoms with Gasteiger partial charge in [-0.15, -0.1) is 0 Å². The van der Waals surface area contributed by atoms with Crippen LogP contribution in [0.3, 0.4) is 0 Å². The van der Waals surface area contributed by atoms with Crippen LogP contribution in [0.1, 0.15) is 33.3 Å². The van der Waals surface area contributed by atoms with Crippen LogP contribution in [-0.4, -0.2) is 23.1 Å². The fraction of sp³-hybridized carbons (Fsp3) is 0.250. The minimum atomic E-state index is -0.496. The Balaban J connectivity index is 1.73. The molecule has 0 saturated carbocycles. The van der Waals surface area contributed by atoms with Gasteiger partial charge in [-0.2, -0.15) is 0 Å². The fourth-order valence-corrected chi connectivity index (χ4v) is 2.68. The fourth-order valence-electron chi connectivity index (χ4n) is 2.25. The first-order valence-corrected chi connectivity index (χ1v) is 7.67. The number of carbonyl (C=O) groups excluding carboxylic acids is 2. The van der Waals surface area contributed by atoms with E-state index in [-0.39, 0.29) is 19.2 Å². The third-order valence-corrected chi connectivity index (χ3v) is 4.26. The van der Waals surface area contributed by atoms with Crippen molar-refractivity contribution in [1.29, 1.82) is 0 Å². The second-order valence-electron chi connectivity index (χ2n) is 5.15. The number of ether oxygens (including phenoxy) is 3. The molecule has 7 heteroatoms. The van der Waals surface area contributed by atoms with Gasteiger partial charge in [0.05, 0.1) is 0 Å². The zero-order chi connectivity index (χ0) is 16.6. The number of aryl methyl sites for hydroxylation is 1. The molecular formula is C16H14BrNO5. The van der Waals surface area contributed by atoms with Gasteiger partial charge in [-0.25, -0.2) is 4.79 Å². The van der Waals surface area contributed by atoms with Crippen molar-refractivity contribution in [3.8, 4) is 11.5 Å². The lowest BCUT2D eigenvalue weighted by molar-refractivity contribution is 0.0460. The van der Waals surface area contributed by atoms with Gasteiger partial charge in [0.15, 0.2) is 17.3 Å². The van der Waals surface area contributed by atoms with E-state index in [1.807, 2.05) is 0 Å². The summed E-state index contributed by atoms with van der Waals surface area (Å²) in [6, 6.07) is 5.08. The Bertz CT molecular complexity index is 796. The van der Waals surface area contributed by atoms with E-state index in [1.54, 1.807) is 29.9 Å². The Morgan fingerprint density at radius 3 is 2.61 bits per heavy atom. The first-order valence-electron chi connectivity index (χ1n) is 6.88. The lowest BCUT2D eigenvalue weighted by Gasteiger charge is -2.08. The number of esters is 1. The minimum absolute atomic E-state index is 0.0800. The second-order valence-corrected chi connectivity index (χ2v) is 6.01. The third-order valence-electron chi connectivity index (χ3n) is 3.52. The summed E-state index contributed by atoms with van der Waals surface area (Å²) >= 11 is 3.42. The third kappa shape index (κ3) is 3.10. The summed E-state index contributed by atoms with van der Waals surface area (Å²) in [5.41, 5.74) is 1.57. The minimum Gasteiger partial charge on any atom is -0.456 e. The topological polar surface area (TPSA) is 66.8 Å². The number of halogens is 1. The molecule has 0 atom stereocenters. The maximum absolute atomic E-state index is 12.2. The van der Waals surface area contributed by atoms with E-state index in [1.165, 1.54) is 13.0 Å². The molecule has 1 aliphatic heterocycles. The van der Waals surface area contributed by atoms with Gasteiger partial charge in [0.1, 0.15) is 12.3 Å². The van der Waals surface area contributed by atoms with Crippen LogP contribution < -0.4 is 9.47 Å². The Hall–Kier alpha value is -2.28. The summed E-state index contributed by atoms with van der Waals surface area (Å²) in [5.74, 6) is 0.681. The van der Waals surface area contributed by atoms with E-state index in [4.69, 9.17) is 14.2 Å². The molecule has 0 bridgehead atoms. The summed E-state index contributed by atoms with van der Waals surface area (Å²) in [7, 11) is 1.69. The van der Waals surface area contributed by atoms with E-state index in [9.17, 15) is 9.59 Å². The van der Waals surface area contributed by atoms with Gasteiger partial charge in [-0.05, 0) is 25.1 Å². The Morgan fingerprint density at radius 2 is 1.96 bits per heavy atom. The monoisotopic (exact) mass is 379 g/mol. The molecule has 0 N–H and O–H groups in total. The number of rotatable bonds is 4. The molecule has 1 aromatic heterocycles. The molecule has 6 nitrogen and oxygen atoms in total. The first-order chi connectivity index (χ1) is 11.0. The molecule has 0 fully saturated rings. The molecular weight excluding hydrogens is 366 g/mol. The van der Waals surface area contributed by atoms with Crippen LogP contribution in [0.25, 0.3) is 0 Å². The maximum Gasteiger partial charge on any atom is 0.355 e. The van der Waals surface area contributed by atoms with Crippen LogP contribution in [0.5, 0.6) is 11.5 Å². The van der Waals surface area contributed by atoms with Crippen molar-refractivity contribution < 1.29 is 23.8 Å². The number of Topliss-reactive ketones (excluding diaryl/α,β-unsaturated/α-hetero) is 1. The van der Waals surface area contributed by atoms with Gasteiger partial charge < -0.3 is 18.8 Å². The number of hydrogen-bond donors (Lipinski definition) is 0. The largest absolute Gasteiger partial charge is 0.456 e. The van der Waals surface area contributed by atoms with Gasteiger partial charge in [-0.3, -0.25) is 4.79 Å². The molecule has 0 spiro atoms. The van der Waals surface area contributed by atoms with Crippen LogP contribution in [0.4, 0.5) is 0 Å². The molecule has 3 rings (SSSR count). The molecule has 1 aliphatic rings. The van der Waals surface area contributed by atoms with E-state index in [0.29, 0.717) is 22.8 Å². The quantitative estimate of drug-likeness (QED) is 0.603. The number of ketones is 1. The van der Waals surface area contributed by atoms with Crippen molar-refractivity contribution in [2.45, 2.75) is 13.5 Å². The highest BCUT2D eigenvalue weighted by Gasteiger charge is 2.19. The van der Waals surface area contributed by atoms with E-state index < -0.39 is 5.97 Å². The van der Waals surface area contributed by atoms with Crippen molar-refractivity contribution in [1.82, 2.24) is 4.57 Å². The highest BCUT2D eigenvalue weighted by atomic mass is 79.9. The number of hydrogen-bond acceptors (Lipinski definition) is 5. The molecule has 23 heavy (non-hydrogen) atoms. The molecule has 0 amide bonds. The van der Waals surface area contributed by atoms with Crippen LogP contribution in [0.2, 0.25) is 0 Å². The Labute approximate surface area is 141 Å². The Kier molecular flexibility index (Phi) is 4.12. The lowest BCUT2D eigenvalue weighted by Crippen LogP contribution is -2.09. The van der Waals surface area contributed by atoms with Crippen molar-refractivity contribution in [2.24, 2.45) is 7.05 Å². The van der Waals surface area contributed by atoms with Crippen molar-refractivity contribution in [2.75, 3.05) is 6.79 Å². The summed E-state index contributed by atoms with van der Waals surface area (Å²) in [6.45, 7) is 1.72. The Morgan fingerprint density at radius 1 is 1.26 bits per heavy atom. The number of benzene rings is 1. The van der Waals surface area contributed by atoms with E-state index in [0.717, 1.165) is 10.0 Å². The molecule has 120 valence electrons. The van der Waals surface area contributed by atoms with Gasteiger partial charge in [0, 0.05) is 28.8 Å². The summed E-state index contributed by atoms with van der Waals surface area (Å²) < 4.78 is 18.3. The zero-order valence-corrected chi connectivity index (χ0v) is 14.2. The number of fused-ring (bicyclic) bond motifs is 1. The SMILES string of the molecule is CC(=O)c1cc(C(=O)OCc2cc3c(cc2Br)OCO3)n(C)c1. The van der Waals surface area contributed by atoms with Crippen LogP contribution >= 0.6 is 15.9 Å². The molecule has 0 radical (unpaired) electrons. The molecule has 1 aromatic carbocycles. The van der Waals surface area contributed by atoms with Crippen molar-refractivity contribution in [3.05, 3.63) is 45.7 Å². The number of nitrogens with zero attached hydrogens (tertiary/aromatic N) is 1. The standard InChI is InChI=1S/C16H14BrNO5/c1-9(19)10-3-13(18(2)6-10)16(20)21-7-11-4-14-15(5-12(11)17)23-8-22-14/h3-6H,7-8H2,1-2H3. The van der Waals surface area contributed by atoms with Gasteiger partial charge >= 0.3 is 5.97 Å². The molecule has 0 saturated heterocycles. The zero-order valence-electron chi connectivity index (χ0n) is 12.6. The highest BCUT2D eigenvalue weighted by molar-refractivity contribution is 9.10. The molecule has 0 aliphatic carbocycles. The maximum atomic E-state index is 12.2. The summed E-state index contributed by atoms with van der Waals surface area (Å²) in [4.78, 5) is 23.6. The average Bonchev–Trinajstić information content (AvgIpc) is 3.10. The van der Waals surface area contributed by atoms with Crippen LogP contribution in [-0.2, 0) is 18.4 Å². The summed E-state index contributed by atoms with van der Waals surface area (Å²) in [5, 5.41) is 0. The average molecular weight is 380 g/mol. The van der Waals surface area contributed by atoms with Crippen molar-refractivity contribution >= 4 is 27.7 Å². The van der Waals surface area contributed by atoms with Gasteiger partial charge in [0.2, 0.25) is 6.79 Å².